The number of benzene rings is 7. The van der Waals surface area contributed by atoms with E-state index in [0.717, 1.165) is 39.0 Å². The predicted molar refractivity (Wildman–Crippen MR) is 224 cm³/mol. The predicted octanol–water partition coefficient (Wildman–Crippen LogP) is 12.9. The molecule has 9 aromatic rings. The second-order valence-electron chi connectivity index (χ2n) is 16.1. The van der Waals surface area contributed by atoms with Gasteiger partial charge in [-0.15, -0.1) is 0 Å². The van der Waals surface area contributed by atoms with Crippen molar-refractivity contribution in [3.05, 3.63) is 174 Å². The molecule has 3 nitrogen and oxygen atoms in total. The molecular formula is C51H37N3. The molecule has 0 saturated carbocycles. The first kappa shape index (κ1) is 31.1. The van der Waals surface area contributed by atoms with Crippen molar-refractivity contribution in [3.8, 4) is 56.2 Å². The first-order chi connectivity index (χ1) is 26.3. The van der Waals surface area contributed by atoms with Gasteiger partial charge in [0, 0.05) is 39.1 Å². The first-order valence-corrected chi connectivity index (χ1v) is 18.8. The van der Waals surface area contributed by atoms with E-state index in [-0.39, 0.29) is 10.8 Å². The number of aromatic nitrogens is 3. The maximum absolute atomic E-state index is 5.41. The Morgan fingerprint density at radius 1 is 0.389 bits per heavy atom. The minimum Gasteiger partial charge on any atom is -0.256 e. The van der Waals surface area contributed by atoms with E-state index in [1.165, 1.54) is 66.1 Å². The molecule has 0 atom stereocenters. The molecule has 0 N–H and O–H groups in total. The summed E-state index contributed by atoms with van der Waals surface area (Å²) in [4.78, 5) is 15.4. The Kier molecular flexibility index (Phi) is 6.36. The summed E-state index contributed by atoms with van der Waals surface area (Å²) in [7, 11) is 0. The van der Waals surface area contributed by atoms with Crippen LogP contribution < -0.4 is 0 Å². The quantitative estimate of drug-likeness (QED) is 0.173. The van der Waals surface area contributed by atoms with Crippen molar-refractivity contribution in [2.75, 3.05) is 0 Å². The summed E-state index contributed by atoms with van der Waals surface area (Å²) < 4.78 is 0. The number of fused-ring (bicyclic) bond motifs is 10. The van der Waals surface area contributed by atoms with E-state index in [1.807, 2.05) is 12.3 Å². The summed E-state index contributed by atoms with van der Waals surface area (Å²) in [5.41, 5.74) is 16.5. The minimum atomic E-state index is -0.198. The topological polar surface area (TPSA) is 38.7 Å². The van der Waals surface area contributed by atoms with Gasteiger partial charge in [-0.05, 0) is 109 Å². The van der Waals surface area contributed by atoms with Crippen LogP contribution in [0.25, 0.3) is 88.6 Å². The molecule has 2 heterocycles. The zero-order chi connectivity index (χ0) is 36.3. The molecule has 11 rings (SSSR count). The SMILES string of the molecule is CC1(C)c2ccccc2-c2cc3c(cc21)-c1ccc(-c2nc(-c4ccc5cccnc5c4)cc(-c4cc5ccccc5c5ccccc45)n2)cc1C3(C)C. The third-order valence-electron chi connectivity index (χ3n) is 12.3. The Morgan fingerprint density at radius 2 is 1.02 bits per heavy atom. The Labute approximate surface area is 315 Å². The fraction of sp³-hybridized carbons (Fsp3) is 0.118. The zero-order valence-electron chi connectivity index (χ0n) is 30.8. The lowest BCUT2D eigenvalue weighted by atomic mass is 9.79. The highest BCUT2D eigenvalue weighted by atomic mass is 14.9. The van der Waals surface area contributed by atoms with Crippen LogP contribution in [0.5, 0.6) is 0 Å². The summed E-state index contributed by atoms with van der Waals surface area (Å²) in [6.45, 7) is 9.46. The van der Waals surface area contributed by atoms with Gasteiger partial charge in [-0.3, -0.25) is 4.98 Å². The van der Waals surface area contributed by atoms with Gasteiger partial charge in [-0.1, -0.05) is 131 Å². The molecule has 0 amide bonds. The van der Waals surface area contributed by atoms with E-state index in [4.69, 9.17) is 9.97 Å². The Morgan fingerprint density at radius 3 is 1.85 bits per heavy atom. The molecule has 7 aromatic carbocycles. The van der Waals surface area contributed by atoms with Gasteiger partial charge < -0.3 is 0 Å². The van der Waals surface area contributed by atoms with Crippen LogP contribution in [0.3, 0.4) is 0 Å². The molecule has 0 spiro atoms. The fourth-order valence-electron chi connectivity index (χ4n) is 9.42. The van der Waals surface area contributed by atoms with Crippen LogP contribution in [0.15, 0.2) is 152 Å². The molecule has 2 aliphatic rings. The fourth-order valence-corrected chi connectivity index (χ4v) is 9.42. The monoisotopic (exact) mass is 691 g/mol. The summed E-state index contributed by atoms with van der Waals surface area (Å²) in [5, 5.41) is 5.93. The first-order valence-electron chi connectivity index (χ1n) is 18.8. The van der Waals surface area contributed by atoms with Crippen LogP contribution in [0.4, 0.5) is 0 Å². The van der Waals surface area contributed by atoms with Crippen LogP contribution in [0, 0.1) is 0 Å². The Hall–Kier alpha value is -6.45. The molecule has 0 radical (unpaired) electrons. The van der Waals surface area contributed by atoms with E-state index >= 15 is 0 Å². The third kappa shape index (κ3) is 4.39. The molecule has 54 heavy (non-hydrogen) atoms. The number of rotatable bonds is 3. The smallest absolute Gasteiger partial charge is 0.160 e. The standard InChI is InChI=1S/C51H37N3/c1-50(2)42-18-10-9-17-37(42)39-27-45-40(28-44(39)50)38-22-21-33(25-43(38)51(45,3)4)49-53-47(32-20-19-30-13-11-23-52-46(30)26-32)29-48(54-49)41-24-31-12-5-6-14-34(31)35-15-7-8-16-36(35)41/h5-29H,1-4H3. The van der Waals surface area contributed by atoms with E-state index in [2.05, 4.69) is 172 Å². The molecule has 0 fully saturated rings. The van der Waals surface area contributed by atoms with Crippen molar-refractivity contribution >= 4 is 32.4 Å². The van der Waals surface area contributed by atoms with E-state index in [9.17, 15) is 0 Å². The lowest BCUT2D eigenvalue weighted by molar-refractivity contribution is 0.652. The molecule has 0 bridgehead atoms. The summed E-state index contributed by atoms with van der Waals surface area (Å²) >= 11 is 0. The van der Waals surface area contributed by atoms with Crippen molar-refractivity contribution in [1.29, 1.82) is 0 Å². The van der Waals surface area contributed by atoms with Crippen LogP contribution in [-0.4, -0.2) is 15.0 Å². The molecule has 0 saturated heterocycles. The van der Waals surface area contributed by atoms with Crippen LogP contribution in [-0.2, 0) is 10.8 Å². The summed E-state index contributed by atoms with van der Waals surface area (Å²) in [6, 6.07) is 53.0. The lowest BCUT2D eigenvalue weighted by Crippen LogP contribution is -2.17. The van der Waals surface area contributed by atoms with Crippen molar-refractivity contribution in [1.82, 2.24) is 15.0 Å². The highest BCUT2D eigenvalue weighted by molar-refractivity contribution is 6.13. The highest BCUT2D eigenvalue weighted by Crippen LogP contribution is 2.56. The lowest BCUT2D eigenvalue weighted by Gasteiger charge is -2.24. The second kappa shape index (κ2) is 11.0. The second-order valence-corrected chi connectivity index (χ2v) is 16.1. The largest absolute Gasteiger partial charge is 0.256 e. The maximum Gasteiger partial charge on any atom is 0.160 e. The zero-order valence-corrected chi connectivity index (χ0v) is 30.8. The average molecular weight is 692 g/mol. The number of nitrogens with zero attached hydrogens (tertiary/aromatic N) is 3. The highest BCUT2D eigenvalue weighted by Gasteiger charge is 2.41. The molecule has 256 valence electrons. The molecule has 0 aliphatic heterocycles. The minimum absolute atomic E-state index is 0.0519. The molecule has 2 aromatic heterocycles. The van der Waals surface area contributed by atoms with Gasteiger partial charge in [0.15, 0.2) is 5.82 Å². The van der Waals surface area contributed by atoms with Crippen molar-refractivity contribution in [2.24, 2.45) is 0 Å². The van der Waals surface area contributed by atoms with Gasteiger partial charge in [0.05, 0.1) is 16.9 Å². The summed E-state index contributed by atoms with van der Waals surface area (Å²) in [5.74, 6) is 0.716. The van der Waals surface area contributed by atoms with E-state index in [0.29, 0.717) is 5.82 Å². The van der Waals surface area contributed by atoms with E-state index in [1.54, 1.807) is 0 Å². The maximum atomic E-state index is 5.41. The average Bonchev–Trinajstić information content (AvgIpc) is 3.58. The molecule has 3 heteroatoms. The van der Waals surface area contributed by atoms with Crippen LogP contribution >= 0.6 is 0 Å². The number of hydrogen-bond donors (Lipinski definition) is 0. The summed E-state index contributed by atoms with van der Waals surface area (Å²) in [6.07, 6.45) is 1.85. The van der Waals surface area contributed by atoms with Crippen LogP contribution in [0.1, 0.15) is 49.9 Å². The van der Waals surface area contributed by atoms with Gasteiger partial charge in [-0.2, -0.15) is 0 Å². The van der Waals surface area contributed by atoms with Gasteiger partial charge in [0.2, 0.25) is 0 Å². The third-order valence-corrected chi connectivity index (χ3v) is 12.3. The number of hydrogen-bond acceptors (Lipinski definition) is 3. The van der Waals surface area contributed by atoms with Crippen LogP contribution in [0.2, 0.25) is 0 Å². The number of pyridine rings is 1. The van der Waals surface area contributed by atoms with Crippen molar-refractivity contribution < 1.29 is 0 Å². The Bertz CT molecular complexity index is 3060. The van der Waals surface area contributed by atoms with Gasteiger partial charge >= 0.3 is 0 Å². The van der Waals surface area contributed by atoms with Crippen molar-refractivity contribution in [3.63, 3.8) is 0 Å². The normalized spacial score (nSPS) is 14.6. The Balaban J connectivity index is 1.11. The van der Waals surface area contributed by atoms with Crippen molar-refractivity contribution in [2.45, 2.75) is 38.5 Å². The molecule has 2 aliphatic carbocycles. The van der Waals surface area contributed by atoms with Gasteiger partial charge in [-0.25, -0.2) is 9.97 Å². The van der Waals surface area contributed by atoms with Gasteiger partial charge in [0.25, 0.3) is 0 Å². The molecular weight excluding hydrogens is 655 g/mol. The molecule has 0 unspecified atom stereocenters. The van der Waals surface area contributed by atoms with E-state index < -0.39 is 0 Å². The van der Waals surface area contributed by atoms with Gasteiger partial charge in [0.1, 0.15) is 0 Å².